The zero-order chi connectivity index (χ0) is 11.4. The van der Waals surface area contributed by atoms with E-state index in [1.807, 2.05) is 12.1 Å². The van der Waals surface area contributed by atoms with Crippen LogP contribution in [0.1, 0.15) is 31.2 Å². The molecule has 16 heavy (non-hydrogen) atoms. The molecule has 0 saturated carbocycles. The number of nitrogens with zero attached hydrogens (tertiary/aromatic N) is 1. The molecule has 2 rings (SSSR count). The summed E-state index contributed by atoms with van der Waals surface area (Å²) < 4.78 is 0. The van der Waals surface area contributed by atoms with E-state index in [4.69, 9.17) is 18.0 Å². The highest BCUT2D eigenvalue weighted by molar-refractivity contribution is 7.80. The van der Waals surface area contributed by atoms with Gasteiger partial charge in [-0.2, -0.15) is 0 Å². The van der Waals surface area contributed by atoms with E-state index in [9.17, 15) is 0 Å². The van der Waals surface area contributed by atoms with E-state index in [0.717, 1.165) is 5.56 Å². The lowest BCUT2D eigenvalue weighted by Gasteiger charge is -2.22. The van der Waals surface area contributed by atoms with Crippen LogP contribution in [0.15, 0.2) is 24.3 Å². The Morgan fingerprint density at radius 1 is 1.00 bits per heavy atom. The molecule has 0 spiro atoms. The summed E-state index contributed by atoms with van der Waals surface area (Å²) in [7, 11) is 0. The van der Waals surface area contributed by atoms with Crippen LogP contribution in [0.5, 0.6) is 0 Å². The molecule has 1 aromatic carbocycles. The van der Waals surface area contributed by atoms with Crippen LogP contribution in [0.4, 0.5) is 5.69 Å². The topological polar surface area (TPSA) is 29.3 Å². The Labute approximate surface area is 102 Å². The molecular formula is C13H18N2S. The number of hydrogen-bond donors (Lipinski definition) is 1. The van der Waals surface area contributed by atoms with E-state index >= 15 is 0 Å². The molecule has 0 unspecified atom stereocenters. The summed E-state index contributed by atoms with van der Waals surface area (Å²) in [6, 6.07) is 8.28. The minimum atomic E-state index is 0.474. The van der Waals surface area contributed by atoms with E-state index in [1.165, 1.54) is 44.5 Å². The minimum absolute atomic E-state index is 0.474. The Balaban J connectivity index is 2.10. The van der Waals surface area contributed by atoms with Crippen LogP contribution in [-0.2, 0) is 0 Å². The summed E-state index contributed by atoms with van der Waals surface area (Å²) in [5.41, 5.74) is 7.83. The lowest BCUT2D eigenvalue weighted by atomic mass is 10.2. The molecule has 0 bridgehead atoms. The van der Waals surface area contributed by atoms with Gasteiger partial charge in [0.15, 0.2) is 0 Å². The predicted octanol–water partition coefficient (Wildman–Crippen LogP) is 2.70. The summed E-state index contributed by atoms with van der Waals surface area (Å²) in [6.07, 6.45) is 5.33. The number of benzene rings is 1. The van der Waals surface area contributed by atoms with Crippen LogP contribution in [0.2, 0.25) is 0 Å². The maximum Gasteiger partial charge on any atom is 0.103 e. The first-order valence-corrected chi connectivity index (χ1v) is 6.33. The number of anilines is 1. The zero-order valence-electron chi connectivity index (χ0n) is 9.48. The Hall–Kier alpha value is -1.09. The molecule has 0 aliphatic carbocycles. The van der Waals surface area contributed by atoms with Crippen molar-refractivity contribution in [2.45, 2.75) is 25.7 Å². The van der Waals surface area contributed by atoms with Gasteiger partial charge in [-0.05, 0) is 37.1 Å². The summed E-state index contributed by atoms with van der Waals surface area (Å²) in [5, 5.41) is 0. The van der Waals surface area contributed by atoms with Gasteiger partial charge in [-0.25, -0.2) is 0 Å². The maximum absolute atomic E-state index is 5.59. The van der Waals surface area contributed by atoms with E-state index < -0.39 is 0 Å². The molecule has 1 aromatic rings. The van der Waals surface area contributed by atoms with Crippen molar-refractivity contribution in [2.24, 2.45) is 5.73 Å². The normalized spacial score (nSPS) is 16.9. The van der Waals surface area contributed by atoms with E-state index in [1.54, 1.807) is 0 Å². The molecule has 0 atom stereocenters. The van der Waals surface area contributed by atoms with Crippen molar-refractivity contribution in [3.05, 3.63) is 29.8 Å². The highest BCUT2D eigenvalue weighted by Gasteiger charge is 2.09. The Morgan fingerprint density at radius 2 is 1.56 bits per heavy atom. The van der Waals surface area contributed by atoms with Crippen molar-refractivity contribution in [3.63, 3.8) is 0 Å². The van der Waals surface area contributed by atoms with Crippen molar-refractivity contribution in [3.8, 4) is 0 Å². The van der Waals surface area contributed by atoms with Gasteiger partial charge < -0.3 is 10.6 Å². The number of hydrogen-bond acceptors (Lipinski definition) is 2. The van der Waals surface area contributed by atoms with Crippen LogP contribution in [0.25, 0.3) is 0 Å². The van der Waals surface area contributed by atoms with Gasteiger partial charge in [-0.3, -0.25) is 0 Å². The molecular weight excluding hydrogens is 216 g/mol. The SMILES string of the molecule is NC(=S)c1ccc(N2CCCCCC2)cc1. The average molecular weight is 234 g/mol. The second kappa shape index (κ2) is 5.30. The fourth-order valence-electron chi connectivity index (χ4n) is 2.17. The molecule has 86 valence electrons. The standard InChI is InChI=1S/C13H18N2S/c14-13(16)11-5-7-12(8-6-11)15-9-3-1-2-4-10-15/h5-8H,1-4,9-10H2,(H2,14,16). The molecule has 2 nitrogen and oxygen atoms in total. The van der Waals surface area contributed by atoms with Gasteiger partial charge in [-0.15, -0.1) is 0 Å². The first kappa shape index (κ1) is 11.4. The Morgan fingerprint density at radius 3 is 2.06 bits per heavy atom. The minimum Gasteiger partial charge on any atom is -0.389 e. The maximum atomic E-state index is 5.59. The summed E-state index contributed by atoms with van der Waals surface area (Å²) >= 11 is 4.95. The van der Waals surface area contributed by atoms with E-state index in [0.29, 0.717) is 4.99 Å². The predicted molar refractivity (Wildman–Crippen MR) is 73.0 cm³/mol. The van der Waals surface area contributed by atoms with Crippen LogP contribution in [0.3, 0.4) is 0 Å². The highest BCUT2D eigenvalue weighted by Crippen LogP contribution is 2.19. The first-order valence-electron chi connectivity index (χ1n) is 5.92. The van der Waals surface area contributed by atoms with Gasteiger partial charge in [0.05, 0.1) is 0 Å². The molecule has 1 saturated heterocycles. The number of thiocarbonyl (C=S) groups is 1. The van der Waals surface area contributed by atoms with E-state index in [-0.39, 0.29) is 0 Å². The van der Waals surface area contributed by atoms with Crippen LogP contribution < -0.4 is 10.6 Å². The molecule has 1 fully saturated rings. The van der Waals surface area contributed by atoms with Gasteiger partial charge in [0.2, 0.25) is 0 Å². The molecule has 0 radical (unpaired) electrons. The van der Waals surface area contributed by atoms with Gasteiger partial charge in [0.25, 0.3) is 0 Å². The van der Waals surface area contributed by atoms with Crippen molar-refractivity contribution in [1.82, 2.24) is 0 Å². The Kier molecular flexibility index (Phi) is 3.78. The number of nitrogens with two attached hydrogens (primary N) is 1. The van der Waals surface area contributed by atoms with Crippen molar-refractivity contribution < 1.29 is 0 Å². The zero-order valence-corrected chi connectivity index (χ0v) is 10.3. The molecule has 0 amide bonds. The molecule has 1 aliphatic heterocycles. The highest BCUT2D eigenvalue weighted by atomic mass is 32.1. The first-order chi connectivity index (χ1) is 7.77. The molecule has 3 heteroatoms. The van der Waals surface area contributed by atoms with Gasteiger partial charge >= 0.3 is 0 Å². The van der Waals surface area contributed by atoms with Crippen LogP contribution >= 0.6 is 12.2 Å². The summed E-state index contributed by atoms with van der Waals surface area (Å²) in [5.74, 6) is 0. The molecule has 1 heterocycles. The third-order valence-electron chi connectivity index (χ3n) is 3.12. The summed E-state index contributed by atoms with van der Waals surface area (Å²) in [6.45, 7) is 2.35. The van der Waals surface area contributed by atoms with Gasteiger partial charge in [0.1, 0.15) is 4.99 Å². The molecule has 1 aliphatic rings. The lowest BCUT2D eigenvalue weighted by Crippen LogP contribution is -2.23. The van der Waals surface area contributed by atoms with Crippen molar-refractivity contribution in [2.75, 3.05) is 18.0 Å². The smallest absolute Gasteiger partial charge is 0.103 e. The lowest BCUT2D eigenvalue weighted by molar-refractivity contribution is 0.726. The largest absolute Gasteiger partial charge is 0.389 e. The molecule has 0 aromatic heterocycles. The van der Waals surface area contributed by atoms with Crippen molar-refractivity contribution in [1.29, 1.82) is 0 Å². The number of rotatable bonds is 2. The van der Waals surface area contributed by atoms with Gasteiger partial charge in [0, 0.05) is 24.3 Å². The third-order valence-corrected chi connectivity index (χ3v) is 3.36. The second-order valence-corrected chi connectivity index (χ2v) is 4.75. The van der Waals surface area contributed by atoms with Crippen LogP contribution in [-0.4, -0.2) is 18.1 Å². The third kappa shape index (κ3) is 2.73. The van der Waals surface area contributed by atoms with Crippen LogP contribution in [0, 0.1) is 0 Å². The van der Waals surface area contributed by atoms with E-state index in [2.05, 4.69) is 17.0 Å². The monoisotopic (exact) mass is 234 g/mol. The fraction of sp³-hybridized carbons (Fsp3) is 0.462. The second-order valence-electron chi connectivity index (χ2n) is 4.31. The van der Waals surface area contributed by atoms with Crippen molar-refractivity contribution >= 4 is 22.9 Å². The molecule has 2 N–H and O–H groups in total. The van der Waals surface area contributed by atoms with Gasteiger partial charge in [-0.1, -0.05) is 25.1 Å². The fourth-order valence-corrected chi connectivity index (χ4v) is 2.30. The average Bonchev–Trinajstić information content (AvgIpc) is 2.57. The summed E-state index contributed by atoms with van der Waals surface area (Å²) in [4.78, 5) is 2.93. The quantitative estimate of drug-likeness (QED) is 0.798. The Bertz CT molecular complexity index is 351.